The predicted octanol–water partition coefficient (Wildman–Crippen LogP) is 3.15. The highest BCUT2D eigenvalue weighted by Crippen LogP contribution is 2.54. The zero-order valence-corrected chi connectivity index (χ0v) is 12.5. The van der Waals surface area contributed by atoms with E-state index in [1.54, 1.807) is 6.07 Å². The Kier molecular flexibility index (Phi) is 3.76. The zero-order chi connectivity index (χ0) is 17.5. The Bertz CT molecular complexity index is 773. The first kappa shape index (κ1) is 16.3. The molecule has 2 atom stereocenters. The standard InChI is InChI=1S/C17H13F3O4/c1-23-11-7-8-12-13(9-11)24-15(21)14(10-5-3-2-4-6-10)16(12,22)17(18,19)20/h2-9,14,22H,1H3. The van der Waals surface area contributed by atoms with Crippen LogP contribution in [0.5, 0.6) is 11.5 Å². The third-order valence-electron chi connectivity index (χ3n) is 4.03. The van der Waals surface area contributed by atoms with Crippen LogP contribution in [0.3, 0.4) is 0 Å². The molecule has 0 amide bonds. The minimum Gasteiger partial charge on any atom is -0.497 e. The molecule has 0 fully saturated rings. The molecule has 4 nitrogen and oxygen atoms in total. The third-order valence-corrected chi connectivity index (χ3v) is 4.03. The second-order valence-electron chi connectivity index (χ2n) is 5.39. The van der Waals surface area contributed by atoms with E-state index >= 15 is 0 Å². The molecular formula is C17H13F3O4. The molecule has 1 heterocycles. The lowest BCUT2D eigenvalue weighted by atomic mass is 9.74. The van der Waals surface area contributed by atoms with E-state index < -0.39 is 29.2 Å². The van der Waals surface area contributed by atoms with Crippen molar-refractivity contribution in [2.45, 2.75) is 17.7 Å². The van der Waals surface area contributed by atoms with Crippen molar-refractivity contribution >= 4 is 5.97 Å². The van der Waals surface area contributed by atoms with Gasteiger partial charge in [-0.05, 0) is 17.7 Å². The molecular weight excluding hydrogens is 325 g/mol. The number of aliphatic hydroxyl groups is 1. The Morgan fingerprint density at radius 3 is 2.42 bits per heavy atom. The van der Waals surface area contributed by atoms with Crippen LogP contribution < -0.4 is 9.47 Å². The van der Waals surface area contributed by atoms with E-state index in [1.807, 2.05) is 0 Å². The predicted molar refractivity (Wildman–Crippen MR) is 77.8 cm³/mol. The van der Waals surface area contributed by atoms with Crippen LogP contribution in [0.1, 0.15) is 17.0 Å². The first-order chi connectivity index (χ1) is 11.3. The fourth-order valence-electron chi connectivity index (χ4n) is 2.86. The molecule has 0 spiro atoms. The number of carbonyl (C=O) groups excluding carboxylic acids is 1. The summed E-state index contributed by atoms with van der Waals surface area (Å²) in [4.78, 5) is 12.3. The average Bonchev–Trinajstić information content (AvgIpc) is 2.54. The van der Waals surface area contributed by atoms with E-state index in [0.29, 0.717) is 0 Å². The summed E-state index contributed by atoms with van der Waals surface area (Å²) in [5.41, 5.74) is -3.90. The van der Waals surface area contributed by atoms with Crippen molar-refractivity contribution < 1.29 is 32.5 Å². The number of benzene rings is 2. The van der Waals surface area contributed by atoms with Crippen LogP contribution in [0.4, 0.5) is 13.2 Å². The van der Waals surface area contributed by atoms with Crippen molar-refractivity contribution in [3.63, 3.8) is 0 Å². The molecule has 2 aromatic rings. The van der Waals surface area contributed by atoms with Gasteiger partial charge in [-0.25, -0.2) is 0 Å². The minimum absolute atomic E-state index is 0.0174. The summed E-state index contributed by atoms with van der Waals surface area (Å²) in [6, 6.07) is 10.7. The maximum Gasteiger partial charge on any atom is 0.422 e. The average molecular weight is 338 g/mol. The van der Waals surface area contributed by atoms with Gasteiger partial charge in [-0.1, -0.05) is 30.3 Å². The summed E-state index contributed by atoms with van der Waals surface area (Å²) in [5, 5.41) is 10.6. The molecule has 0 saturated carbocycles. The van der Waals surface area contributed by atoms with E-state index in [-0.39, 0.29) is 17.1 Å². The summed E-state index contributed by atoms with van der Waals surface area (Å²) >= 11 is 0. The van der Waals surface area contributed by atoms with Gasteiger partial charge < -0.3 is 14.6 Å². The molecule has 3 rings (SSSR count). The van der Waals surface area contributed by atoms with Crippen LogP contribution in [0.15, 0.2) is 48.5 Å². The molecule has 2 aromatic carbocycles. The molecule has 1 aliphatic rings. The van der Waals surface area contributed by atoms with Crippen molar-refractivity contribution in [2.24, 2.45) is 0 Å². The molecule has 24 heavy (non-hydrogen) atoms. The molecule has 0 bridgehead atoms. The highest BCUT2D eigenvalue weighted by Gasteiger charge is 2.65. The van der Waals surface area contributed by atoms with Crippen LogP contribution in [-0.2, 0) is 10.4 Å². The Labute approximate surface area is 135 Å². The van der Waals surface area contributed by atoms with Gasteiger partial charge >= 0.3 is 12.1 Å². The molecule has 0 aromatic heterocycles. The molecule has 7 heteroatoms. The van der Waals surface area contributed by atoms with Crippen molar-refractivity contribution in [1.82, 2.24) is 0 Å². The Morgan fingerprint density at radius 2 is 1.83 bits per heavy atom. The number of carbonyl (C=O) groups is 1. The van der Waals surface area contributed by atoms with E-state index in [1.165, 1.54) is 37.4 Å². The van der Waals surface area contributed by atoms with Gasteiger partial charge in [0.2, 0.25) is 5.60 Å². The fraction of sp³-hybridized carbons (Fsp3) is 0.235. The number of rotatable bonds is 2. The maximum atomic E-state index is 13.8. The summed E-state index contributed by atoms with van der Waals surface area (Å²) in [5.74, 6) is -3.25. The first-order valence-corrected chi connectivity index (χ1v) is 7.03. The second-order valence-corrected chi connectivity index (χ2v) is 5.39. The van der Waals surface area contributed by atoms with Crippen molar-refractivity contribution in [3.8, 4) is 11.5 Å². The lowest BCUT2D eigenvalue weighted by Crippen LogP contribution is -2.53. The van der Waals surface area contributed by atoms with Crippen molar-refractivity contribution in [1.29, 1.82) is 0 Å². The number of halogens is 3. The van der Waals surface area contributed by atoms with E-state index in [9.17, 15) is 23.1 Å². The lowest BCUT2D eigenvalue weighted by molar-refractivity contribution is -0.278. The zero-order valence-electron chi connectivity index (χ0n) is 12.5. The van der Waals surface area contributed by atoms with E-state index in [2.05, 4.69) is 0 Å². The monoisotopic (exact) mass is 338 g/mol. The van der Waals surface area contributed by atoms with Crippen LogP contribution in [-0.4, -0.2) is 24.4 Å². The minimum atomic E-state index is -5.09. The number of methoxy groups -OCH3 is 1. The number of esters is 1. The number of hydrogen-bond acceptors (Lipinski definition) is 4. The molecule has 0 saturated heterocycles. The van der Waals surface area contributed by atoms with Crippen molar-refractivity contribution in [2.75, 3.05) is 7.11 Å². The maximum absolute atomic E-state index is 13.8. The SMILES string of the molecule is COc1ccc2c(c1)OC(=O)C(c1ccccc1)C2(O)C(F)(F)F. The number of ether oxygens (including phenoxy) is 2. The Hall–Kier alpha value is -2.54. The van der Waals surface area contributed by atoms with Gasteiger partial charge in [0.15, 0.2) is 0 Å². The fourth-order valence-corrected chi connectivity index (χ4v) is 2.86. The quantitative estimate of drug-likeness (QED) is 0.675. The number of hydrogen-bond donors (Lipinski definition) is 1. The lowest BCUT2D eigenvalue weighted by Gasteiger charge is -2.40. The summed E-state index contributed by atoms with van der Waals surface area (Å²) < 4.78 is 51.4. The first-order valence-electron chi connectivity index (χ1n) is 7.03. The molecule has 2 unspecified atom stereocenters. The number of fused-ring (bicyclic) bond motifs is 1. The molecule has 0 aliphatic carbocycles. The normalized spacial score (nSPS) is 23.4. The third kappa shape index (κ3) is 2.32. The summed E-state index contributed by atoms with van der Waals surface area (Å²) in [6.07, 6.45) is -5.09. The van der Waals surface area contributed by atoms with Crippen LogP contribution in [0, 0.1) is 0 Å². The molecule has 1 N–H and O–H groups in total. The van der Waals surface area contributed by atoms with Gasteiger partial charge in [-0.2, -0.15) is 13.2 Å². The van der Waals surface area contributed by atoms with Crippen LogP contribution >= 0.6 is 0 Å². The van der Waals surface area contributed by atoms with Gasteiger partial charge in [-0.3, -0.25) is 4.79 Å². The van der Waals surface area contributed by atoms with Gasteiger partial charge in [0.1, 0.15) is 17.4 Å². The van der Waals surface area contributed by atoms with Crippen LogP contribution in [0.25, 0.3) is 0 Å². The highest BCUT2D eigenvalue weighted by atomic mass is 19.4. The van der Waals surface area contributed by atoms with Gasteiger partial charge in [0, 0.05) is 11.6 Å². The molecule has 1 aliphatic heterocycles. The van der Waals surface area contributed by atoms with Gasteiger partial charge in [-0.15, -0.1) is 0 Å². The van der Waals surface area contributed by atoms with E-state index in [0.717, 1.165) is 12.1 Å². The summed E-state index contributed by atoms with van der Waals surface area (Å²) in [7, 11) is 1.33. The smallest absolute Gasteiger partial charge is 0.422 e. The Balaban J connectivity index is 2.26. The summed E-state index contributed by atoms with van der Waals surface area (Å²) in [6.45, 7) is 0. The largest absolute Gasteiger partial charge is 0.497 e. The Morgan fingerprint density at radius 1 is 1.17 bits per heavy atom. The van der Waals surface area contributed by atoms with Crippen LogP contribution in [0.2, 0.25) is 0 Å². The number of alkyl halides is 3. The second kappa shape index (κ2) is 5.52. The molecule has 0 radical (unpaired) electrons. The van der Waals surface area contributed by atoms with Gasteiger partial charge in [0.25, 0.3) is 0 Å². The van der Waals surface area contributed by atoms with E-state index in [4.69, 9.17) is 9.47 Å². The van der Waals surface area contributed by atoms with Crippen molar-refractivity contribution in [3.05, 3.63) is 59.7 Å². The topological polar surface area (TPSA) is 55.8 Å². The van der Waals surface area contributed by atoms with Gasteiger partial charge in [0.05, 0.1) is 7.11 Å². The highest BCUT2D eigenvalue weighted by molar-refractivity contribution is 5.85. The molecule has 126 valence electrons.